The zero-order valence-corrected chi connectivity index (χ0v) is 14.4. The molecule has 0 fully saturated rings. The van der Waals surface area contributed by atoms with Crippen LogP contribution < -0.4 is 10.6 Å². The van der Waals surface area contributed by atoms with E-state index in [-0.39, 0.29) is 6.54 Å². The second-order valence-corrected chi connectivity index (χ2v) is 5.47. The first-order valence-corrected chi connectivity index (χ1v) is 7.84. The number of halogens is 3. The molecule has 25 heavy (non-hydrogen) atoms. The van der Waals surface area contributed by atoms with Crippen LogP contribution in [0.2, 0.25) is 0 Å². The average molecular weight is 354 g/mol. The number of guanidine groups is 1. The van der Waals surface area contributed by atoms with E-state index in [1.54, 1.807) is 6.07 Å². The minimum Gasteiger partial charge on any atom is -0.357 e. The van der Waals surface area contributed by atoms with E-state index in [1.807, 2.05) is 25.5 Å². The van der Waals surface area contributed by atoms with Crippen molar-refractivity contribution in [2.45, 2.75) is 33.1 Å². The monoisotopic (exact) mass is 354 g/mol. The lowest BCUT2D eigenvalue weighted by atomic mass is 10.1. The second kappa shape index (κ2) is 8.00. The van der Waals surface area contributed by atoms with E-state index >= 15 is 0 Å². The van der Waals surface area contributed by atoms with E-state index < -0.39 is 11.7 Å². The first-order valence-electron chi connectivity index (χ1n) is 7.84. The van der Waals surface area contributed by atoms with Crippen LogP contribution in [-0.4, -0.2) is 27.3 Å². The molecule has 0 atom stereocenters. The summed E-state index contributed by atoms with van der Waals surface area (Å²) < 4.78 is 40.1. The van der Waals surface area contributed by atoms with Crippen molar-refractivity contribution in [3.63, 3.8) is 0 Å². The van der Waals surface area contributed by atoms with Gasteiger partial charge in [-0.1, -0.05) is 12.1 Å². The topological polar surface area (TPSA) is 67.1 Å². The summed E-state index contributed by atoms with van der Waals surface area (Å²) in [6.45, 7) is 4.94. The van der Waals surface area contributed by atoms with Gasteiger partial charge in [0.05, 0.1) is 18.7 Å². The highest BCUT2D eigenvalue weighted by molar-refractivity contribution is 5.79. The molecular weight excluding hydrogens is 333 g/mol. The van der Waals surface area contributed by atoms with Gasteiger partial charge in [0.15, 0.2) is 11.8 Å². The highest BCUT2D eigenvalue weighted by atomic mass is 19.4. The predicted molar refractivity (Wildman–Crippen MR) is 88.8 cm³/mol. The van der Waals surface area contributed by atoms with Crippen LogP contribution in [0, 0.1) is 6.92 Å². The maximum atomic E-state index is 12.8. The van der Waals surface area contributed by atoms with Crippen molar-refractivity contribution in [1.82, 2.24) is 25.4 Å². The number of alkyl halides is 3. The Morgan fingerprint density at radius 2 is 2.00 bits per heavy atom. The lowest BCUT2D eigenvalue weighted by molar-refractivity contribution is -0.137. The first-order chi connectivity index (χ1) is 11.8. The molecule has 2 rings (SSSR count). The molecule has 136 valence electrons. The van der Waals surface area contributed by atoms with Crippen LogP contribution in [0.1, 0.15) is 29.7 Å². The van der Waals surface area contributed by atoms with Gasteiger partial charge in [-0.25, -0.2) is 4.99 Å². The van der Waals surface area contributed by atoms with Crippen LogP contribution in [0.4, 0.5) is 13.2 Å². The number of benzene rings is 1. The summed E-state index contributed by atoms with van der Waals surface area (Å²) in [5.74, 6) is 2.03. The molecule has 0 aliphatic carbocycles. The predicted octanol–water partition coefficient (Wildman–Crippen LogP) is 2.40. The van der Waals surface area contributed by atoms with Crippen molar-refractivity contribution >= 4 is 5.96 Å². The Balaban J connectivity index is 2.05. The molecule has 0 aliphatic rings. The maximum Gasteiger partial charge on any atom is 0.416 e. The average Bonchev–Trinajstić information content (AvgIpc) is 2.89. The molecule has 0 saturated heterocycles. The van der Waals surface area contributed by atoms with Crippen molar-refractivity contribution in [2.24, 2.45) is 12.0 Å². The van der Waals surface area contributed by atoms with Gasteiger partial charge in [0.2, 0.25) is 0 Å². The van der Waals surface area contributed by atoms with E-state index in [0.717, 1.165) is 23.8 Å². The molecule has 0 aliphatic heterocycles. The summed E-state index contributed by atoms with van der Waals surface area (Å²) in [5.41, 5.74) is -0.186. The molecule has 0 amide bonds. The lowest BCUT2D eigenvalue weighted by Crippen LogP contribution is -2.37. The van der Waals surface area contributed by atoms with Gasteiger partial charge in [0.25, 0.3) is 0 Å². The number of aliphatic imine (C=N–C) groups is 1. The van der Waals surface area contributed by atoms with E-state index in [2.05, 4.69) is 25.8 Å². The number of hydrogen-bond donors (Lipinski definition) is 2. The van der Waals surface area contributed by atoms with Crippen LogP contribution in [-0.2, 0) is 26.3 Å². The van der Waals surface area contributed by atoms with Crippen LogP contribution in [0.3, 0.4) is 0 Å². The zero-order valence-electron chi connectivity index (χ0n) is 14.4. The highest BCUT2D eigenvalue weighted by Gasteiger charge is 2.30. The fourth-order valence-corrected chi connectivity index (χ4v) is 2.13. The van der Waals surface area contributed by atoms with Gasteiger partial charge in [-0.15, -0.1) is 10.2 Å². The van der Waals surface area contributed by atoms with E-state index in [0.29, 0.717) is 24.6 Å². The summed E-state index contributed by atoms with van der Waals surface area (Å²) in [4.78, 5) is 4.33. The Morgan fingerprint density at radius 1 is 1.24 bits per heavy atom. The van der Waals surface area contributed by atoms with Gasteiger partial charge in [-0.3, -0.25) is 0 Å². The van der Waals surface area contributed by atoms with Gasteiger partial charge in [-0.2, -0.15) is 13.2 Å². The van der Waals surface area contributed by atoms with Gasteiger partial charge < -0.3 is 15.2 Å². The van der Waals surface area contributed by atoms with E-state index in [4.69, 9.17) is 0 Å². The minimum atomic E-state index is -4.36. The molecule has 1 heterocycles. The number of aryl methyl sites for hydroxylation is 1. The first kappa shape index (κ1) is 18.8. The normalized spacial score (nSPS) is 12.3. The summed E-state index contributed by atoms with van der Waals surface area (Å²) in [6.07, 6.45) is -4.36. The van der Waals surface area contributed by atoms with Crippen molar-refractivity contribution in [3.8, 4) is 0 Å². The van der Waals surface area contributed by atoms with Crippen molar-refractivity contribution in [1.29, 1.82) is 0 Å². The molecule has 0 radical (unpaired) electrons. The number of aromatic nitrogens is 3. The molecule has 2 aromatic rings. The largest absolute Gasteiger partial charge is 0.416 e. The van der Waals surface area contributed by atoms with Gasteiger partial charge in [-0.05, 0) is 31.5 Å². The summed E-state index contributed by atoms with van der Waals surface area (Å²) in [6, 6.07) is 5.16. The van der Waals surface area contributed by atoms with Gasteiger partial charge in [0, 0.05) is 13.6 Å². The molecule has 2 N–H and O–H groups in total. The standard InChI is InChI=1S/C16H21F3N6/c1-4-20-15(22-10-14-24-23-11(2)25(14)3)21-9-12-6-5-7-13(8-12)16(17,18)19/h5-8H,4,9-10H2,1-3H3,(H2,20,21,22). The van der Waals surface area contributed by atoms with Crippen LogP contribution in [0.15, 0.2) is 29.3 Å². The number of rotatable bonds is 5. The van der Waals surface area contributed by atoms with E-state index in [9.17, 15) is 13.2 Å². The van der Waals surface area contributed by atoms with E-state index in [1.165, 1.54) is 6.07 Å². The summed E-state index contributed by atoms with van der Waals surface area (Å²) >= 11 is 0. The number of nitrogens with one attached hydrogen (secondary N) is 2. The Bertz CT molecular complexity index is 736. The summed E-state index contributed by atoms with van der Waals surface area (Å²) in [5, 5.41) is 14.2. The highest BCUT2D eigenvalue weighted by Crippen LogP contribution is 2.29. The molecule has 6 nitrogen and oxygen atoms in total. The van der Waals surface area contributed by atoms with Gasteiger partial charge in [0.1, 0.15) is 5.82 Å². The smallest absolute Gasteiger partial charge is 0.357 e. The van der Waals surface area contributed by atoms with Crippen molar-refractivity contribution in [2.75, 3.05) is 6.54 Å². The Morgan fingerprint density at radius 3 is 2.60 bits per heavy atom. The Hall–Kier alpha value is -2.58. The molecule has 1 aromatic carbocycles. The molecule has 0 unspecified atom stereocenters. The number of hydrogen-bond acceptors (Lipinski definition) is 3. The van der Waals surface area contributed by atoms with Crippen molar-refractivity contribution < 1.29 is 13.2 Å². The molecule has 9 heteroatoms. The molecule has 1 aromatic heterocycles. The minimum absolute atomic E-state index is 0.136. The fraction of sp³-hybridized carbons (Fsp3) is 0.438. The fourth-order valence-electron chi connectivity index (χ4n) is 2.13. The molecule has 0 spiro atoms. The lowest BCUT2D eigenvalue weighted by Gasteiger charge is -2.11. The number of nitrogens with zero attached hydrogens (tertiary/aromatic N) is 4. The van der Waals surface area contributed by atoms with Crippen molar-refractivity contribution in [3.05, 3.63) is 47.0 Å². The second-order valence-electron chi connectivity index (χ2n) is 5.47. The SMILES string of the molecule is CCNC(=NCc1cccc(C(F)(F)F)c1)NCc1nnc(C)n1C. The Kier molecular flexibility index (Phi) is 6.00. The van der Waals surface area contributed by atoms with Crippen LogP contribution >= 0.6 is 0 Å². The van der Waals surface area contributed by atoms with Crippen LogP contribution in [0.5, 0.6) is 0 Å². The maximum absolute atomic E-state index is 12.8. The summed E-state index contributed by atoms with van der Waals surface area (Å²) in [7, 11) is 1.86. The zero-order chi connectivity index (χ0) is 18.4. The molecule has 0 saturated carbocycles. The third kappa shape index (κ3) is 5.20. The Labute approximate surface area is 144 Å². The molecule has 0 bridgehead atoms. The van der Waals surface area contributed by atoms with Gasteiger partial charge >= 0.3 is 6.18 Å². The quantitative estimate of drug-likeness (QED) is 0.639. The third-order valence-corrected chi connectivity index (χ3v) is 3.61. The molecular formula is C16H21F3N6. The third-order valence-electron chi connectivity index (χ3n) is 3.61. The van der Waals surface area contributed by atoms with Crippen LogP contribution in [0.25, 0.3) is 0 Å².